The van der Waals surface area contributed by atoms with Gasteiger partial charge in [-0.1, -0.05) is 0 Å². The van der Waals surface area contributed by atoms with Crippen molar-refractivity contribution in [2.45, 2.75) is 18.4 Å². The Morgan fingerprint density at radius 1 is 1.26 bits per heavy atom. The van der Waals surface area contributed by atoms with Gasteiger partial charge in [-0.05, 0) is 48.2 Å². The lowest BCUT2D eigenvalue weighted by atomic mass is 10.2. The Morgan fingerprint density at radius 3 is 2.47 bits per heavy atom. The molecule has 5 heteroatoms. The van der Waals surface area contributed by atoms with Crippen molar-refractivity contribution in [1.82, 2.24) is 5.32 Å². The minimum Gasteiger partial charge on any atom is -0.347 e. The summed E-state index contributed by atoms with van der Waals surface area (Å²) < 4.78 is 11.3. The van der Waals surface area contributed by atoms with Crippen LogP contribution in [0.4, 0.5) is 0 Å². The van der Waals surface area contributed by atoms with Gasteiger partial charge in [-0.25, -0.2) is 0 Å². The largest absolute Gasteiger partial charge is 0.347 e. The maximum absolute atomic E-state index is 11.9. The number of carbonyl (C=O) groups is 1. The van der Waals surface area contributed by atoms with Gasteiger partial charge in [0.05, 0.1) is 6.54 Å². The fourth-order valence-electron chi connectivity index (χ4n) is 1.65. The number of rotatable bonds is 4. The van der Waals surface area contributed by atoms with E-state index < -0.39 is 10.8 Å². The molecule has 2 rings (SSSR count). The molecule has 0 saturated carbocycles. The highest BCUT2D eigenvalue weighted by Gasteiger charge is 2.07. The molecule has 100 valence electrons. The van der Waals surface area contributed by atoms with Crippen LogP contribution in [0.15, 0.2) is 40.6 Å². The van der Waals surface area contributed by atoms with Gasteiger partial charge in [0.2, 0.25) is 0 Å². The first-order chi connectivity index (χ1) is 9.08. The van der Waals surface area contributed by atoms with Crippen LogP contribution in [0.1, 0.15) is 20.8 Å². The van der Waals surface area contributed by atoms with Crippen molar-refractivity contribution in [3.8, 4) is 0 Å². The molecule has 1 aromatic carbocycles. The van der Waals surface area contributed by atoms with Crippen LogP contribution in [0, 0.1) is 6.92 Å². The van der Waals surface area contributed by atoms with Gasteiger partial charge < -0.3 is 5.32 Å². The first kappa shape index (κ1) is 14.0. The zero-order valence-electron chi connectivity index (χ0n) is 10.8. The average molecular weight is 293 g/mol. The highest BCUT2D eigenvalue weighted by molar-refractivity contribution is 7.84. The second-order valence-electron chi connectivity index (χ2n) is 4.19. The number of carbonyl (C=O) groups excluding carboxylic acids is 1. The zero-order chi connectivity index (χ0) is 13.8. The molecule has 0 bridgehead atoms. The molecule has 0 radical (unpaired) electrons. The molecule has 0 spiro atoms. The molecular weight excluding hydrogens is 278 g/mol. The average Bonchev–Trinajstić information content (AvgIpc) is 2.81. The van der Waals surface area contributed by atoms with E-state index in [2.05, 4.69) is 5.32 Å². The summed E-state index contributed by atoms with van der Waals surface area (Å²) in [6.45, 7) is 2.58. The summed E-state index contributed by atoms with van der Waals surface area (Å²) in [6, 6.07) is 8.89. The van der Waals surface area contributed by atoms with Crippen molar-refractivity contribution in [2.24, 2.45) is 0 Å². The van der Waals surface area contributed by atoms with Gasteiger partial charge in [-0.3, -0.25) is 9.00 Å². The molecule has 1 aromatic heterocycles. The van der Waals surface area contributed by atoms with E-state index in [4.69, 9.17) is 0 Å². The van der Waals surface area contributed by atoms with Crippen LogP contribution in [0.25, 0.3) is 0 Å². The Kier molecular flexibility index (Phi) is 4.50. The predicted octanol–water partition coefficient (Wildman–Crippen LogP) is 2.72. The number of thiophene rings is 1. The Hall–Kier alpha value is -1.46. The Morgan fingerprint density at radius 2 is 1.95 bits per heavy atom. The van der Waals surface area contributed by atoms with Crippen LogP contribution in [0.5, 0.6) is 0 Å². The fraction of sp³-hybridized carbons (Fsp3) is 0.214. The molecule has 1 heterocycles. The quantitative estimate of drug-likeness (QED) is 0.942. The fourth-order valence-corrected chi connectivity index (χ4v) is 3.01. The van der Waals surface area contributed by atoms with E-state index in [0.717, 1.165) is 4.90 Å². The summed E-state index contributed by atoms with van der Waals surface area (Å²) in [4.78, 5) is 13.8. The lowest BCUT2D eigenvalue weighted by Crippen LogP contribution is -2.22. The minimum atomic E-state index is -1.01. The number of benzene rings is 1. The summed E-state index contributed by atoms with van der Waals surface area (Å²) in [7, 11) is -1.01. The van der Waals surface area contributed by atoms with Crippen molar-refractivity contribution < 1.29 is 9.00 Å². The molecule has 0 fully saturated rings. The van der Waals surface area contributed by atoms with Crippen molar-refractivity contribution in [2.75, 3.05) is 6.26 Å². The highest BCUT2D eigenvalue weighted by Crippen LogP contribution is 2.15. The molecule has 1 atom stereocenters. The maximum atomic E-state index is 11.9. The summed E-state index contributed by atoms with van der Waals surface area (Å²) in [5.41, 5.74) is 1.78. The second kappa shape index (κ2) is 6.12. The number of hydrogen-bond acceptors (Lipinski definition) is 3. The monoisotopic (exact) mass is 293 g/mol. The molecule has 1 N–H and O–H groups in total. The van der Waals surface area contributed by atoms with Gasteiger partial charge >= 0.3 is 0 Å². The summed E-state index contributed by atoms with van der Waals surface area (Å²) in [5.74, 6) is -0.110. The smallest absolute Gasteiger partial charge is 0.251 e. The lowest BCUT2D eigenvalue weighted by molar-refractivity contribution is 0.0951. The minimum absolute atomic E-state index is 0.110. The predicted molar refractivity (Wildman–Crippen MR) is 79.0 cm³/mol. The van der Waals surface area contributed by atoms with E-state index in [0.29, 0.717) is 12.1 Å². The van der Waals surface area contributed by atoms with Crippen LogP contribution in [-0.2, 0) is 17.3 Å². The number of hydrogen-bond donors (Lipinski definition) is 1. The Balaban J connectivity index is 2.00. The van der Waals surface area contributed by atoms with Crippen LogP contribution in [-0.4, -0.2) is 16.4 Å². The van der Waals surface area contributed by atoms with E-state index in [1.54, 1.807) is 41.9 Å². The molecule has 0 saturated heterocycles. The SMILES string of the molecule is Cc1ccsc1CNC(=O)c1ccc(S(C)=O)cc1. The van der Waals surface area contributed by atoms with E-state index >= 15 is 0 Å². The van der Waals surface area contributed by atoms with Crippen molar-refractivity contribution in [1.29, 1.82) is 0 Å². The van der Waals surface area contributed by atoms with Crippen LogP contribution in [0.2, 0.25) is 0 Å². The van der Waals surface area contributed by atoms with Crippen molar-refractivity contribution >= 4 is 28.0 Å². The summed E-state index contributed by atoms with van der Waals surface area (Å²) in [5, 5.41) is 4.90. The first-order valence-electron chi connectivity index (χ1n) is 5.82. The third-order valence-electron chi connectivity index (χ3n) is 2.83. The van der Waals surface area contributed by atoms with Crippen LogP contribution < -0.4 is 5.32 Å². The van der Waals surface area contributed by atoms with Crippen molar-refractivity contribution in [3.05, 3.63) is 51.7 Å². The summed E-state index contributed by atoms with van der Waals surface area (Å²) >= 11 is 1.64. The second-order valence-corrected chi connectivity index (χ2v) is 6.57. The maximum Gasteiger partial charge on any atom is 0.251 e. The lowest BCUT2D eigenvalue weighted by Gasteiger charge is -2.05. The molecule has 3 nitrogen and oxygen atoms in total. The normalized spacial score (nSPS) is 12.1. The Labute approximate surface area is 119 Å². The van der Waals surface area contributed by atoms with Gasteiger partial charge in [0.1, 0.15) is 0 Å². The van der Waals surface area contributed by atoms with Gasteiger partial charge in [-0.2, -0.15) is 0 Å². The molecule has 0 aliphatic rings. The summed E-state index contributed by atoms with van der Waals surface area (Å²) in [6.07, 6.45) is 1.62. The third-order valence-corrected chi connectivity index (χ3v) is 4.79. The molecule has 1 unspecified atom stereocenters. The molecule has 0 aliphatic carbocycles. The molecular formula is C14H15NO2S2. The third kappa shape index (κ3) is 3.52. The van der Waals surface area contributed by atoms with E-state index in [9.17, 15) is 9.00 Å². The Bertz CT molecular complexity index is 602. The zero-order valence-corrected chi connectivity index (χ0v) is 12.4. The molecule has 19 heavy (non-hydrogen) atoms. The number of nitrogens with one attached hydrogen (secondary N) is 1. The molecule has 1 amide bonds. The molecule has 2 aromatic rings. The van der Waals surface area contributed by atoms with Gasteiger partial charge in [0, 0.05) is 32.4 Å². The van der Waals surface area contributed by atoms with E-state index in [1.165, 1.54) is 10.4 Å². The van der Waals surface area contributed by atoms with Gasteiger partial charge in [-0.15, -0.1) is 11.3 Å². The standard InChI is InChI=1S/C14H15NO2S2/c1-10-7-8-18-13(10)9-15-14(16)11-3-5-12(6-4-11)19(2)17/h3-8H,9H2,1-2H3,(H,15,16). The number of amides is 1. The van der Waals surface area contributed by atoms with Crippen LogP contribution >= 0.6 is 11.3 Å². The highest BCUT2D eigenvalue weighted by atomic mass is 32.2. The molecule has 0 aliphatic heterocycles. The van der Waals surface area contributed by atoms with Gasteiger partial charge in [0.15, 0.2) is 0 Å². The van der Waals surface area contributed by atoms with Gasteiger partial charge in [0.25, 0.3) is 5.91 Å². The topological polar surface area (TPSA) is 46.2 Å². The van der Waals surface area contributed by atoms with E-state index in [1.807, 2.05) is 18.4 Å². The van der Waals surface area contributed by atoms with Crippen LogP contribution in [0.3, 0.4) is 0 Å². The first-order valence-corrected chi connectivity index (χ1v) is 8.26. The van der Waals surface area contributed by atoms with Crippen molar-refractivity contribution in [3.63, 3.8) is 0 Å². The van der Waals surface area contributed by atoms with E-state index in [-0.39, 0.29) is 5.91 Å². The number of aryl methyl sites for hydroxylation is 1.